The number of benzene rings is 2. The first-order valence-electron chi connectivity index (χ1n) is 11.3. The molecule has 0 atom stereocenters. The first kappa shape index (κ1) is 21.4. The second-order valence-electron chi connectivity index (χ2n) is 8.59. The third kappa shape index (κ3) is 4.64. The van der Waals surface area contributed by atoms with Crippen LogP contribution in [0.4, 0.5) is 0 Å². The fourth-order valence-electron chi connectivity index (χ4n) is 4.66. The summed E-state index contributed by atoms with van der Waals surface area (Å²) in [6.45, 7) is 6.16. The lowest BCUT2D eigenvalue weighted by Crippen LogP contribution is -2.46. The van der Waals surface area contributed by atoms with Crippen LogP contribution in [0, 0.1) is 0 Å². The molecule has 2 aliphatic rings. The Morgan fingerprint density at radius 2 is 1.66 bits per heavy atom. The van der Waals surface area contributed by atoms with E-state index < -0.39 is 0 Å². The van der Waals surface area contributed by atoms with Gasteiger partial charge in [-0.15, -0.1) is 0 Å². The largest absolute Gasteiger partial charge is 0.395 e. The predicted octanol–water partition coefficient (Wildman–Crippen LogP) is 4.50. The van der Waals surface area contributed by atoms with E-state index in [1.165, 1.54) is 22.3 Å². The summed E-state index contributed by atoms with van der Waals surface area (Å²) < 4.78 is 0. The second-order valence-corrected chi connectivity index (χ2v) is 9.03. The monoisotopic (exact) mass is 445 g/mol. The highest BCUT2D eigenvalue weighted by Crippen LogP contribution is 2.35. The second kappa shape index (κ2) is 9.55. The number of piperazine rings is 1. The number of halogens is 1. The molecule has 0 saturated carbocycles. The van der Waals surface area contributed by atoms with Crippen LogP contribution in [0.1, 0.15) is 22.4 Å². The first-order chi connectivity index (χ1) is 15.7. The van der Waals surface area contributed by atoms with Gasteiger partial charge in [0.25, 0.3) is 0 Å². The zero-order chi connectivity index (χ0) is 21.9. The Hall–Kier alpha value is -2.50. The summed E-state index contributed by atoms with van der Waals surface area (Å²) in [5, 5.41) is 9.86. The molecule has 2 heterocycles. The average Bonchev–Trinajstić information content (AvgIpc) is 3.24. The minimum absolute atomic E-state index is 0.245. The minimum Gasteiger partial charge on any atom is -0.395 e. The molecule has 3 aromatic rings. The van der Waals surface area contributed by atoms with Crippen molar-refractivity contribution in [2.24, 2.45) is 0 Å². The van der Waals surface area contributed by atoms with Crippen LogP contribution in [0.25, 0.3) is 16.7 Å². The Kier molecular flexibility index (Phi) is 6.37. The highest BCUT2D eigenvalue weighted by Gasteiger charge is 2.19. The molecular weight excluding hydrogens is 418 g/mol. The number of fused-ring (bicyclic) bond motifs is 1. The van der Waals surface area contributed by atoms with Crippen molar-refractivity contribution in [3.8, 4) is 11.1 Å². The molecular formula is C27H28ClN3O. The normalized spacial score (nSPS) is 16.8. The van der Waals surface area contributed by atoms with E-state index in [-0.39, 0.29) is 6.61 Å². The van der Waals surface area contributed by atoms with Gasteiger partial charge < -0.3 is 5.11 Å². The van der Waals surface area contributed by atoms with Gasteiger partial charge in [-0.3, -0.25) is 14.8 Å². The van der Waals surface area contributed by atoms with E-state index in [1.807, 2.05) is 24.4 Å². The van der Waals surface area contributed by atoms with E-state index in [1.54, 1.807) is 0 Å². The quantitative estimate of drug-likeness (QED) is 0.606. The molecule has 32 heavy (non-hydrogen) atoms. The third-order valence-electron chi connectivity index (χ3n) is 6.47. The number of aromatic nitrogens is 1. The summed E-state index contributed by atoms with van der Waals surface area (Å²) in [7, 11) is 0. The molecule has 0 spiro atoms. The number of hydrogen-bond donors (Lipinski definition) is 1. The van der Waals surface area contributed by atoms with Crippen molar-refractivity contribution in [3.63, 3.8) is 0 Å². The maximum absolute atomic E-state index is 9.11. The van der Waals surface area contributed by atoms with E-state index in [9.17, 15) is 0 Å². The molecule has 1 aromatic heterocycles. The molecule has 0 bridgehead atoms. The zero-order valence-corrected chi connectivity index (χ0v) is 18.9. The van der Waals surface area contributed by atoms with Crippen molar-refractivity contribution < 1.29 is 5.11 Å². The molecule has 1 saturated heterocycles. The molecule has 5 rings (SSSR count). The molecule has 0 amide bonds. The maximum atomic E-state index is 9.11. The summed E-state index contributed by atoms with van der Waals surface area (Å²) >= 11 is 6.22. The summed E-state index contributed by atoms with van der Waals surface area (Å²) in [5.41, 5.74) is 8.35. The SMILES string of the molecule is OCCN1CCN(Cc2ccc(-c3cnc4c(c3)C(c3cccc(Cl)c3)=CC4)cc2)CC1. The van der Waals surface area contributed by atoms with Gasteiger partial charge >= 0.3 is 0 Å². The van der Waals surface area contributed by atoms with Gasteiger partial charge in [0, 0.05) is 68.0 Å². The molecule has 0 radical (unpaired) electrons. The van der Waals surface area contributed by atoms with E-state index in [0.717, 1.165) is 67.5 Å². The third-order valence-corrected chi connectivity index (χ3v) is 6.71. The smallest absolute Gasteiger partial charge is 0.0558 e. The number of allylic oxidation sites excluding steroid dienone is 1. The van der Waals surface area contributed by atoms with Gasteiger partial charge in [0.05, 0.1) is 12.3 Å². The van der Waals surface area contributed by atoms with Crippen molar-refractivity contribution >= 4 is 17.2 Å². The maximum Gasteiger partial charge on any atom is 0.0558 e. The molecule has 2 aromatic carbocycles. The number of aliphatic hydroxyl groups is 1. The fourth-order valence-corrected chi connectivity index (χ4v) is 4.85. The molecule has 0 unspecified atom stereocenters. The van der Waals surface area contributed by atoms with Gasteiger partial charge in [-0.05, 0) is 40.5 Å². The number of rotatable bonds is 6. The highest BCUT2D eigenvalue weighted by molar-refractivity contribution is 6.30. The first-order valence-corrected chi connectivity index (χ1v) is 11.7. The number of aliphatic hydroxyl groups excluding tert-OH is 1. The molecule has 1 fully saturated rings. The molecule has 1 aliphatic heterocycles. The average molecular weight is 446 g/mol. The lowest BCUT2D eigenvalue weighted by Gasteiger charge is -2.34. The zero-order valence-electron chi connectivity index (χ0n) is 18.2. The van der Waals surface area contributed by atoms with Crippen LogP contribution in [0.15, 0.2) is 66.9 Å². The van der Waals surface area contributed by atoms with E-state index in [0.29, 0.717) is 0 Å². The van der Waals surface area contributed by atoms with Crippen LogP contribution in [0.2, 0.25) is 5.02 Å². The van der Waals surface area contributed by atoms with Gasteiger partial charge in [-0.2, -0.15) is 0 Å². The van der Waals surface area contributed by atoms with Gasteiger partial charge in [0.2, 0.25) is 0 Å². The van der Waals surface area contributed by atoms with Gasteiger partial charge in [-0.25, -0.2) is 0 Å². The summed E-state index contributed by atoms with van der Waals surface area (Å²) in [4.78, 5) is 9.57. The lowest BCUT2D eigenvalue weighted by molar-refractivity contribution is 0.108. The molecule has 164 valence electrons. The van der Waals surface area contributed by atoms with Crippen molar-refractivity contribution in [3.05, 3.63) is 94.3 Å². The van der Waals surface area contributed by atoms with Crippen molar-refractivity contribution in [1.82, 2.24) is 14.8 Å². The summed E-state index contributed by atoms with van der Waals surface area (Å²) in [6, 6.07) is 19.2. The number of nitrogens with zero attached hydrogens (tertiary/aromatic N) is 3. The Labute approximate surface area is 194 Å². The standard InChI is InChI=1S/C27H28ClN3O/c28-24-3-1-2-22(16-24)25-8-9-27-26(25)17-23(18-29-27)21-6-4-20(5-7-21)19-31-12-10-30(11-13-31)14-15-32/h1-8,16-18,32H,9-15,19H2. The Morgan fingerprint density at radius 1 is 0.875 bits per heavy atom. The summed E-state index contributed by atoms with van der Waals surface area (Å²) in [6.07, 6.45) is 5.10. The van der Waals surface area contributed by atoms with Crippen molar-refractivity contribution in [2.45, 2.75) is 13.0 Å². The van der Waals surface area contributed by atoms with Gasteiger partial charge in [-0.1, -0.05) is 54.1 Å². The molecule has 1 aliphatic carbocycles. The molecule has 1 N–H and O–H groups in total. The Morgan fingerprint density at radius 3 is 2.41 bits per heavy atom. The Bertz CT molecular complexity index is 1120. The van der Waals surface area contributed by atoms with Crippen LogP contribution in [-0.2, 0) is 13.0 Å². The molecule has 4 nitrogen and oxygen atoms in total. The van der Waals surface area contributed by atoms with E-state index in [2.05, 4.69) is 52.3 Å². The van der Waals surface area contributed by atoms with Crippen LogP contribution in [0.5, 0.6) is 0 Å². The van der Waals surface area contributed by atoms with Crippen LogP contribution in [0.3, 0.4) is 0 Å². The highest BCUT2D eigenvalue weighted by atomic mass is 35.5. The molecule has 5 heteroatoms. The number of pyridine rings is 1. The van der Waals surface area contributed by atoms with E-state index >= 15 is 0 Å². The lowest BCUT2D eigenvalue weighted by atomic mass is 9.97. The minimum atomic E-state index is 0.245. The number of hydrogen-bond acceptors (Lipinski definition) is 4. The van der Waals surface area contributed by atoms with Crippen LogP contribution in [-0.4, -0.2) is 59.2 Å². The van der Waals surface area contributed by atoms with Crippen molar-refractivity contribution in [2.75, 3.05) is 39.3 Å². The van der Waals surface area contributed by atoms with E-state index in [4.69, 9.17) is 21.7 Å². The predicted molar refractivity (Wildman–Crippen MR) is 131 cm³/mol. The van der Waals surface area contributed by atoms with Crippen molar-refractivity contribution in [1.29, 1.82) is 0 Å². The topological polar surface area (TPSA) is 39.6 Å². The summed E-state index contributed by atoms with van der Waals surface area (Å²) in [5.74, 6) is 0. The van der Waals surface area contributed by atoms with Crippen LogP contribution < -0.4 is 0 Å². The number of β-amino-alcohol motifs (C(OH)–C–C–N with tert-alkyl or cyclic N) is 1. The Balaban J connectivity index is 1.29. The van der Waals surface area contributed by atoms with Crippen LogP contribution >= 0.6 is 11.6 Å². The van der Waals surface area contributed by atoms with Gasteiger partial charge in [0.1, 0.15) is 0 Å². The van der Waals surface area contributed by atoms with Gasteiger partial charge in [0.15, 0.2) is 0 Å². The fraction of sp³-hybridized carbons (Fsp3) is 0.296.